The summed E-state index contributed by atoms with van der Waals surface area (Å²) in [6.45, 7) is 2.84. The minimum Gasteiger partial charge on any atom is -0.493 e. The van der Waals surface area contributed by atoms with E-state index in [4.69, 9.17) is 46.9 Å². The van der Waals surface area contributed by atoms with Crippen LogP contribution in [-0.2, 0) is 44.4 Å². The Labute approximate surface area is 383 Å². The molecule has 1 aromatic heterocycles. The Kier molecular flexibility index (Phi) is 14.0. The van der Waals surface area contributed by atoms with Gasteiger partial charge in [0, 0.05) is 31.6 Å². The lowest BCUT2D eigenvalue weighted by Crippen LogP contribution is -2.53. The summed E-state index contributed by atoms with van der Waals surface area (Å²) in [7, 11) is 0.882. The van der Waals surface area contributed by atoms with E-state index in [1.54, 1.807) is 60.4 Å². The van der Waals surface area contributed by atoms with Gasteiger partial charge in [-0.05, 0) is 90.5 Å². The number of hydrogen-bond donors (Lipinski definition) is 1. The van der Waals surface area contributed by atoms with E-state index in [-0.39, 0.29) is 37.1 Å². The highest BCUT2D eigenvalue weighted by atomic mass is 35.5. The van der Waals surface area contributed by atoms with Crippen molar-refractivity contribution < 1.29 is 46.3 Å². The molecule has 4 fully saturated rings. The number of carbonyl (C=O) groups is 2. The molecule has 5 aromatic rings. The van der Waals surface area contributed by atoms with Gasteiger partial charge in [-0.25, -0.2) is 17.8 Å². The number of hydrogen-bond acceptors (Lipinski definition) is 10. The maximum Gasteiger partial charge on any atom is 0.408 e. The van der Waals surface area contributed by atoms with Crippen LogP contribution in [0.1, 0.15) is 52.8 Å². The standard InChI is InChI=1S/C48H50Cl2N4O9S/c1-52-27-40(49)39(41(50)28-52)24-43(34-15-16-42(59-2)44(23-34)60-3)62-47(55)36-25-54(26-36)64(57,58)38-14-7-9-31(21-38)30-61-37-13-8-12-35(22-37)46(33-10-5-4-6-11-33)51-48(56)63-45-29-53-19-17-32(45)18-20-53/h4-16,21-23,27-28,32,36,43,45-46H,17-20,24-26,29-30H2,1-3H3/p+1/t43-,45-,46-/m0/s1. The third kappa shape index (κ3) is 10.3. The number of aromatic nitrogens is 1. The van der Waals surface area contributed by atoms with Crippen molar-refractivity contribution >= 4 is 45.3 Å². The Morgan fingerprint density at radius 2 is 1.52 bits per heavy atom. The van der Waals surface area contributed by atoms with E-state index in [9.17, 15) is 18.0 Å². The molecule has 9 rings (SSSR count). The first-order chi connectivity index (χ1) is 30.9. The fraction of sp³-hybridized carbons (Fsp3) is 0.354. The third-order valence-corrected chi connectivity index (χ3v) is 14.7. The van der Waals surface area contributed by atoms with Gasteiger partial charge in [0.25, 0.3) is 0 Å². The van der Waals surface area contributed by atoms with E-state index in [1.165, 1.54) is 24.6 Å². The Balaban J connectivity index is 0.908. The molecule has 0 spiro atoms. The van der Waals surface area contributed by atoms with Crippen LogP contribution in [-0.4, -0.2) is 82.7 Å². The molecule has 5 heterocycles. The number of fused-ring (bicyclic) bond motifs is 3. The van der Waals surface area contributed by atoms with E-state index in [1.807, 2.05) is 54.6 Å². The Morgan fingerprint density at radius 3 is 2.20 bits per heavy atom. The van der Waals surface area contributed by atoms with Gasteiger partial charge in [0.1, 0.15) is 41.7 Å². The summed E-state index contributed by atoms with van der Waals surface area (Å²) in [4.78, 5) is 29.4. The number of nitrogens with one attached hydrogen (secondary N) is 1. The minimum atomic E-state index is -3.96. The maximum absolute atomic E-state index is 13.9. The second kappa shape index (κ2) is 19.8. The van der Waals surface area contributed by atoms with Crippen LogP contribution in [0.15, 0.2) is 114 Å². The SMILES string of the molecule is COc1ccc([C@H](Cc2c(Cl)c[n+](C)cc2Cl)OC(=O)C2CN(S(=O)(=O)c3cccc(COc4cccc([C@@H](NC(=O)O[C@H]5CN6CCC5CC6)c5ccccc5)c4)c3)C2)cc1OC. The topological polar surface area (TPSA) is 137 Å². The number of pyridine rings is 1. The molecule has 4 saturated heterocycles. The molecule has 1 amide bonds. The van der Waals surface area contributed by atoms with Crippen molar-refractivity contribution in [3.05, 3.63) is 147 Å². The molecule has 0 unspecified atom stereocenters. The van der Waals surface area contributed by atoms with Gasteiger partial charge >= 0.3 is 12.1 Å². The van der Waals surface area contributed by atoms with E-state index < -0.39 is 40.1 Å². The molecule has 64 heavy (non-hydrogen) atoms. The van der Waals surface area contributed by atoms with Gasteiger partial charge in [0.05, 0.1) is 31.1 Å². The number of nitrogens with zero attached hydrogens (tertiary/aromatic N) is 3. The number of piperidine rings is 3. The van der Waals surface area contributed by atoms with Crippen molar-refractivity contribution in [1.29, 1.82) is 0 Å². The van der Waals surface area contributed by atoms with Gasteiger partial charge in [-0.2, -0.15) is 4.31 Å². The molecule has 4 aliphatic heterocycles. The van der Waals surface area contributed by atoms with Crippen LogP contribution in [0.4, 0.5) is 4.79 Å². The molecule has 16 heteroatoms. The average Bonchev–Trinajstić information content (AvgIpc) is 3.28. The predicted octanol–water partition coefficient (Wildman–Crippen LogP) is 7.47. The Morgan fingerprint density at radius 1 is 0.812 bits per heavy atom. The Bertz CT molecular complexity index is 2560. The molecular weight excluding hydrogens is 880 g/mol. The van der Waals surface area contributed by atoms with Crippen molar-refractivity contribution in [3.8, 4) is 17.2 Å². The second-order valence-electron chi connectivity index (χ2n) is 16.4. The van der Waals surface area contributed by atoms with Gasteiger partial charge in [-0.3, -0.25) is 9.69 Å². The molecule has 0 saturated carbocycles. The molecule has 2 bridgehead atoms. The molecule has 0 radical (unpaired) electrons. The summed E-state index contributed by atoms with van der Waals surface area (Å²) in [5.41, 5.74) is 3.53. The van der Waals surface area contributed by atoms with Crippen molar-refractivity contribution in [2.75, 3.05) is 46.9 Å². The van der Waals surface area contributed by atoms with Crippen LogP contribution in [0.3, 0.4) is 0 Å². The largest absolute Gasteiger partial charge is 0.493 e. The first-order valence-corrected chi connectivity index (χ1v) is 23.4. The summed E-state index contributed by atoms with van der Waals surface area (Å²) in [6, 6.07) is 28.4. The monoisotopic (exact) mass is 929 g/mol. The number of halogens is 2. The number of carbonyl (C=O) groups excluding carboxylic acids is 2. The fourth-order valence-corrected chi connectivity index (χ4v) is 10.9. The predicted molar refractivity (Wildman–Crippen MR) is 240 cm³/mol. The summed E-state index contributed by atoms with van der Waals surface area (Å²) >= 11 is 13.2. The first kappa shape index (κ1) is 45.2. The van der Waals surface area contributed by atoms with Gasteiger partial charge in [0.2, 0.25) is 10.0 Å². The quantitative estimate of drug-likeness (QED) is 0.0784. The van der Waals surface area contributed by atoms with Crippen LogP contribution in [0, 0.1) is 11.8 Å². The maximum atomic E-state index is 13.9. The number of alkyl carbamates (subject to hydrolysis) is 1. The van der Waals surface area contributed by atoms with Crippen LogP contribution in [0.5, 0.6) is 17.2 Å². The number of methoxy groups -OCH3 is 2. The van der Waals surface area contributed by atoms with E-state index >= 15 is 0 Å². The highest BCUT2D eigenvalue weighted by Crippen LogP contribution is 2.37. The summed E-state index contributed by atoms with van der Waals surface area (Å²) in [5.74, 6) is 0.618. The van der Waals surface area contributed by atoms with Crippen molar-refractivity contribution in [3.63, 3.8) is 0 Å². The second-order valence-corrected chi connectivity index (χ2v) is 19.2. The average molecular weight is 931 g/mol. The number of amides is 1. The summed E-state index contributed by atoms with van der Waals surface area (Å²) < 4.78 is 59.9. The normalized spacial score (nSPS) is 19.5. The van der Waals surface area contributed by atoms with E-state index in [2.05, 4.69) is 10.2 Å². The summed E-state index contributed by atoms with van der Waals surface area (Å²) in [6.07, 6.45) is 4.24. The molecule has 13 nitrogen and oxygen atoms in total. The van der Waals surface area contributed by atoms with Gasteiger partial charge in [-0.15, -0.1) is 0 Å². The number of sulfonamides is 1. The zero-order chi connectivity index (χ0) is 45.0. The lowest BCUT2D eigenvalue weighted by Gasteiger charge is -2.43. The molecule has 0 aliphatic carbocycles. The van der Waals surface area contributed by atoms with Crippen LogP contribution >= 0.6 is 23.2 Å². The van der Waals surface area contributed by atoms with Crippen LogP contribution in [0.25, 0.3) is 0 Å². The molecule has 4 aromatic carbocycles. The fourth-order valence-electron chi connectivity index (χ4n) is 8.58. The van der Waals surface area contributed by atoms with Crippen molar-refractivity contribution in [2.24, 2.45) is 18.9 Å². The lowest BCUT2D eigenvalue weighted by atomic mass is 9.86. The molecule has 4 aliphatic rings. The van der Waals surface area contributed by atoms with Crippen molar-refractivity contribution in [1.82, 2.24) is 14.5 Å². The number of ether oxygens (including phenoxy) is 5. The molecule has 1 N–H and O–H groups in total. The molecule has 3 atom stereocenters. The van der Waals surface area contributed by atoms with Gasteiger partial charge in [0.15, 0.2) is 23.9 Å². The number of aryl methyl sites for hydroxylation is 1. The lowest BCUT2D eigenvalue weighted by molar-refractivity contribution is -0.671. The smallest absolute Gasteiger partial charge is 0.408 e. The highest BCUT2D eigenvalue weighted by Gasteiger charge is 2.42. The van der Waals surface area contributed by atoms with Gasteiger partial charge in [-0.1, -0.05) is 83.9 Å². The number of esters is 1. The molecule has 336 valence electrons. The third-order valence-electron chi connectivity index (χ3n) is 12.2. The number of benzene rings is 4. The van der Waals surface area contributed by atoms with E-state index in [0.717, 1.165) is 43.6 Å². The van der Waals surface area contributed by atoms with Gasteiger partial charge < -0.3 is 29.0 Å². The minimum absolute atomic E-state index is 0.0557. The first-order valence-electron chi connectivity index (χ1n) is 21.2. The zero-order valence-corrected chi connectivity index (χ0v) is 38.2. The zero-order valence-electron chi connectivity index (χ0n) is 35.8. The van der Waals surface area contributed by atoms with Crippen LogP contribution in [0.2, 0.25) is 10.0 Å². The van der Waals surface area contributed by atoms with Crippen molar-refractivity contribution in [2.45, 2.75) is 49.0 Å². The van der Waals surface area contributed by atoms with E-state index in [0.29, 0.717) is 49.9 Å². The summed E-state index contributed by atoms with van der Waals surface area (Å²) in [5, 5.41) is 3.91. The Hall–Kier alpha value is -5.38. The highest BCUT2D eigenvalue weighted by molar-refractivity contribution is 7.89. The molecular formula is C48H51Cl2N4O9S+. The van der Waals surface area contributed by atoms with Crippen LogP contribution < -0.4 is 24.1 Å². The number of rotatable bonds is 16.